The minimum Gasteiger partial charge on any atom is -0.493 e. The molecular weight excluding hydrogens is 732 g/mol. The van der Waals surface area contributed by atoms with Crippen LogP contribution in [0.15, 0.2) is 71.7 Å². The number of carbonyl (C=O) groups is 3. The number of aliphatic imine (C=N–C) groups is 1. The zero-order valence-electron chi connectivity index (χ0n) is 29.4. The summed E-state index contributed by atoms with van der Waals surface area (Å²) in [7, 11) is 0. The molecule has 10 nitrogen and oxygen atoms in total. The Hall–Kier alpha value is -4.33. The van der Waals surface area contributed by atoms with E-state index >= 15 is 0 Å². The molecule has 2 unspecified atom stereocenters. The largest absolute Gasteiger partial charge is 0.493 e. The van der Waals surface area contributed by atoms with E-state index in [0.29, 0.717) is 62.2 Å². The number of benzene rings is 3. The third-order valence-electron chi connectivity index (χ3n) is 9.86. The number of alkyl halides is 3. The number of piperidine rings is 1. The van der Waals surface area contributed by atoms with Crippen LogP contribution in [0.5, 0.6) is 5.75 Å². The molecule has 2 fully saturated rings. The zero-order valence-corrected chi connectivity index (χ0v) is 30.9. The van der Waals surface area contributed by atoms with Crippen molar-refractivity contribution in [2.45, 2.75) is 51.0 Å². The van der Waals surface area contributed by atoms with Crippen LogP contribution >= 0.6 is 23.2 Å². The van der Waals surface area contributed by atoms with E-state index in [1.165, 1.54) is 6.07 Å². The van der Waals surface area contributed by atoms with Crippen LogP contribution in [0.4, 0.5) is 18.0 Å². The third kappa shape index (κ3) is 8.90. The Labute approximate surface area is 316 Å². The lowest BCUT2D eigenvalue weighted by Crippen LogP contribution is -2.54. The Morgan fingerprint density at radius 3 is 2.02 bits per heavy atom. The monoisotopic (exact) mass is 772 g/mol. The lowest BCUT2D eigenvalue weighted by atomic mass is 9.93. The van der Waals surface area contributed by atoms with E-state index in [1.807, 2.05) is 29.2 Å². The summed E-state index contributed by atoms with van der Waals surface area (Å²) in [6, 6.07) is 15.5. The first-order valence-electron chi connectivity index (χ1n) is 17.6. The van der Waals surface area contributed by atoms with E-state index in [1.54, 1.807) is 52.8 Å². The summed E-state index contributed by atoms with van der Waals surface area (Å²) in [5.41, 5.74) is 0.829. The fourth-order valence-electron chi connectivity index (χ4n) is 7.08. The third-order valence-corrected chi connectivity index (χ3v) is 10.4. The molecule has 0 saturated carbocycles. The van der Waals surface area contributed by atoms with Crippen molar-refractivity contribution >= 4 is 46.9 Å². The maximum absolute atomic E-state index is 14.8. The van der Waals surface area contributed by atoms with Crippen LogP contribution in [0.2, 0.25) is 10.0 Å². The van der Waals surface area contributed by atoms with Gasteiger partial charge in [0, 0.05) is 62.3 Å². The summed E-state index contributed by atoms with van der Waals surface area (Å²) < 4.78 is 47.3. The van der Waals surface area contributed by atoms with Crippen molar-refractivity contribution in [2.24, 2.45) is 4.99 Å². The number of carbonyl (C=O) groups excluding carboxylic acids is 3. The van der Waals surface area contributed by atoms with Gasteiger partial charge in [-0.2, -0.15) is 13.2 Å². The van der Waals surface area contributed by atoms with Gasteiger partial charge in [0.1, 0.15) is 17.6 Å². The molecule has 3 heterocycles. The first kappa shape index (κ1) is 38.4. The van der Waals surface area contributed by atoms with Gasteiger partial charge in [-0.15, -0.1) is 0 Å². The van der Waals surface area contributed by atoms with Crippen LogP contribution in [0.25, 0.3) is 0 Å². The van der Waals surface area contributed by atoms with Crippen molar-refractivity contribution in [3.8, 4) is 5.75 Å². The van der Waals surface area contributed by atoms with Crippen LogP contribution < -0.4 is 10.1 Å². The summed E-state index contributed by atoms with van der Waals surface area (Å²) >= 11 is 12.5. The van der Waals surface area contributed by atoms with Crippen LogP contribution in [0.1, 0.15) is 61.0 Å². The molecule has 3 aliphatic heterocycles. The van der Waals surface area contributed by atoms with E-state index in [2.05, 4.69) is 5.32 Å². The molecule has 0 radical (unpaired) electrons. The Bertz CT molecular complexity index is 1830. The molecule has 1 N–H and O–H groups in total. The maximum Gasteiger partial charge on any atom is 0.416 e. The number of hydrogen-bond donors (Lipinski definition) is 1. The molecule has 3 aromatic carbocycles. The molecule has 53 heavy (non-hydrogen) atoms. The number of halogens is 5. The average molecular weight is 774 g/mol. The normalized spacial score (nSPS) is 20.0. The number of urea groups is 1. The van der Waals surface area contributed by atoms with E-state index in [-0.39, 0.29) is 54.2 Å². The van der Waals surface area contributed by atoms with Crippen molar-refractivity contribution in [1.29, 1.82) is 0 Å². The van der Waals surface area contributed by atoms with Gasteiger partial charge in [-0.05, 0) is 73.4 Å². The highest BCUT2D eigenvalue weighted by molar-refractivity contribution is 6.30. The number of hydrogen-bond acceptors (Lipinski definition) is 6. The first-order chi connectivity index (χ1) is 25.3. The summed E-state index contributed by atoms with van der Waals surface area (Å²) in [6.45, 7) is 6.59. The van der Waals surface area contributed by atoms with Crippen LogP contribution in [0, 0.1) is 0 Å². The van der Waals surface area contributed by atoms with E-state index < -0.39 is 23.8 Å². The molecule has 0 aliphatic carbocycles. The predicted molar refractivity (Wildman–Crippen MR) is 196 cm³/mol. The number of amidine groups is 1. The van der Waals surface area contributed by atoms with Crippen molar-refractivity contribution in [3.63, 3.8) is 0 Å². The second-order valence-corrected chi connectivity index (χ2v) is 14.2. The average Bonchev–Trinajstić information content (AvgIpc) is 3.52. The molecular formula is C38H41Cl2F3N6O4. The standard InChI is InChI=1S/C38H41Cl2F3N6O4/c1-3-53-32-22-27(38(41,42)43)8-13-31(32)36-45-34(25-4-9-28(39)10-5-25)35(26-6-11-29(40)12-7-26)49(36)37(52)48-16-14-30(15-17-48)44-33(51)23-46-18-20-47(21-19-46)24(2)50/h4-13,22,30,34-35H,3,14-21,23H2,1-2H3,(H,44,51). The highest BCUT2D eigenvalue weighted by Crippen LogP contribution is 2.46. The van der Waals surface area contributed by atoms with Gasteiger partial charge in [0.05, 0.1) is 30.3 Å². The molecule has 0 bridgehead atoms. The molecule has 2 saturated heterocycles. The van der Waals surface area contributed by atoms with Gasteiger partial charge in [-0.25, -0.2) is 4.79 Å². The predicted octanol–water partition coefficient (Wildman–Crippen LogP) is 6.82. The molecule has 15 heteroatoms. The zero-order chi connectivity index (χ0) is 37.9. The maximum atomic E-state index is 14.8. The second kappa shape index (κ2) is 16.4. The Balaban J connectivity index is 1.28. The molecule has 2 atom stereocenters. The smallest absolute Gasteiger partial charge is 0.416 e. The SMILES string of the molecule is CCOc1cc(C(F)(F)F)ccc1C1=NC(c2ccc(Cl)cc2)C(c2ccc(Cl)cc2)N1C(=O)N1CCC(NC(=O)CN2CCN(C(C)=O)CC2)CC1. The minimum atomic E-state index is -4.61. The summed E-state index contributed by atoms with van der Waals surface area (Å²) in [5.74, 6) is 0.0400. The highest BCUT2D eigenvalue weighted by Gasteiger charge is 2.45. The van der Waals surface area contributed by atoms with Gasteiger partial charge in [-0.3, -0.25) is 24.4 Å². The van der Waals surface area contributed by atoms with Crippen molar-refractivity contribution < 1.29 is 32.3 Å². The number of likely N-dealkylation sites (tertiary alicyclic amines) is 1. The number of ether oxygens (including phenoxy) is 1. The van der Waals surface area contributed by atoms with Crippen molar-refractivity contribution in [3.05, 3.63) is 99.0 Å². The number of amides is 4. The Morgan fingerprint density at radius 1 is 0.849 bits per heavy atom. The molecule has 3 aromatic rings. The summed E-state index contributed by atoms with van der Waals surface area (Å²) in [6.07, 6.45) is -3.60. The molecule has 282 valence electrons. The lowest BCUT2D eigenvalue weighted by molar-refractivity contribution is -0.137. The summed E-state index contributed by atoms with van der Waals surface area (Å²) in [5, 5.41) is 4.12. The number of nitrogens with one attached hydrogen (secondary N) is 1. The highest BCUT2D eigenvalue weighted by atomic mass is 35.5. The van der Waals surface area contributed by atoms with Gasteiger partial charge < -0.3 is 19.9 Å². The minimum absolute atomic E-state index is 0.0248. The molecule has 3 aliphatic rings. The Morgan fingerprint density at radius 2 is 1.45 bits per heavy atom. The van der Waals surface area contributed by atoms with Gasteiger partial charge in [0.2, 0.25) is 11.8 Å². The van der Waals surface area contributed by atoms with E-state index in [9.17, 15) is 27.6 Å². The van der Waals surface area contributed by atoms with E-state index in [4.69, 9.17) is 32.9 Å². The molecule has 4 amide bonds. The van der Waals surface area contributed by atoms with Crippen LogP contribution in [-0.2, 0) is 15.8 Å². The van der Waals surface area contributed by atoms with Gasteiger partial charge in [0.25, 0.3) is 0 Å². The van der Waals surface area contributed by atoms with Crippen molar-refractivity contribution in [1.82, 2.24) is 24.9 Å². The first-order valence-corrected chi connectivity index (χ1v) is 18.4. The molecule has 0 aromatic heterocycles. The Kier molecular flexibility index (Phi) is 11.9. The summed E-state index contributed by atoms with van der Waals surface area (Å²) in [4.78, 5) is 51.5. The topological polar surface area (TPSA) is 97.8 Å². The number of nitrogens with zero attached hydrogens (tertiary/aromatic N) is 5. The van der Waals surface area contributed by atoms with Gasteiger partial charge in [-0.1, -0.05) is 47.5 Å². The van der Waals surface area contributed by atoms with Crippen molar-refractivity contribution in [2.75, 3.05) is 52.4 Å². The quantitative estimate of drug-likeness (QED) is 0.271. The van der Waals surface area contributed by atoms with E-state index in [0.717, 1.165) is 23.3 Å². The molecule has 0 spiro atoms. The lowest BCUT2D eigenvalue weighted by Gasteiger charge is -2.38. The van der Waals surface area contributed by atoms with Gasteiger partial charge >= 0.3 is 12.2 Å². The second-order valence-electron chi connectivity index (χ2n) is 13.4. The van der Waals surface area contributed by atoms with Gasteiger partial charge in [0.15, 0.2) is 0 Å². The molecule has 6 rings (SSSR count). The van der Waals surface area contributed by atoms with Crippen LogP contribution in [0.3, 0.4) is 0 Å². The fourth-order valence-corrected chi connectivity index (χ4v) is 7.33. The van der Waals surface area contributed by atoms with Crippen LogP contribution in [-0.4, -0.2) is 102 Å². The number of piperazine rings is 1. The number of rotatable bonds is 8. The fraction of sp³-hybridized carbons (Fsp3) is 0.421.